The van der Waals surface area contributed by atoms with Crippen molar-refractivity contribution in [2.45, 2.75) is 32.7 Å². The molecular weight excluding hydrogens is 425 g/mol. The number of guanidine groups is 1. The quantitative estimate of drug-likeness (QED) is 0.275. The summed E-state index contributed by atoms with van der Waals surface area (Å²) in [5, 5.41) is 10.2. The van der Waals surface area contributed by atoms with Crippen LogP contribution < -0.4 is 10.6 Å². The molecule has 1 aromatic heterocycles. The molecule has 1 aromatic rings. The highest BCUT2D eigenvalue weighted by Gasteiger charge is 2.25. The van der Waals surface area contributed by atoms with Crippen LogP contribution in [0.2, 0.25) is 0 Å². The molecule has 10 heteroatoms. The molecule has 0 saturated carbocycles. The smallest absolute Gasteiger partial charge is 0.229 e. The Morgan fingerprint density at radius 1 is 1.29 bits per heavy atom. The van der Waals surface area contributed by atoms with Crippen molar-refractivity contribution in [2.24, 2.45) is 12.0 Å². The summed E-state index contributed by atoms with van der Waals surface area (Å²) in [5.41, 5.74) is 0. The van der Waals surface area contributed by atoms with Crippen LogP contribution in [0, 0.1) is 0 Å². The molecule has 2 amide bonds. The fourth-order valence-corrected chi connectivity index (χ4v) is 2.29. The summed E-state index contributed by atoms with van der Waals surface area (Å²) in [6.45, 7) is 3.89. The number of nitrogens with one attached hydrogen (secondary N) is 2. The SMILES string of the molecule is CCNC(=NCc1ncnn1C)NCCN1C(=O)CCCC1=O.I. The van der Waals surface area contributed by atoms with E-state index < -0.39 is 0 Å². The van der Waals surface area contributed by atoms with Crippen LogP contribution in [0.15, 0.2) is 11.3 Å². The minimum Gasteiger partial charge on any atom is -0.357 e. The predicted octanol–water partition coefficient (Wildman–Crippen LogP) is 0.0273. The third kappa shape index (κ3) is 5.73. The Labute approximate surface area is 158 Å². The van der Waals surface area contributed by atoms with Gasteiger partial charge in [0.2, 0.25) is 11.8 Å². The lowest BCUT2D eigenvalue weighted by Gasteiger charge is -2.25. The summed E-state index contributed by atoms with van der Waals surface area (Å²) < 4.78 is 1.66. The van der Waals surface area contributed by atoms with Crippen LogP contribution in [-0.2, 0) is 23.2 Å². The van der Waals surface area contributed by atoms with Crippen molar-refractivity contribution < 1.29 is 9.59 Å². The van der Waals surface area contributed by atoms with E-state index >= 15 is 0 Å². The number of hydrogen-bond donors (Lipinski definition) is 2. The molecule has 134 valence electrons. The van der Waals surface area contributed by atoms with Gasteiger partial charge in [0, 0.05) is 39.5 Å². The van der Waals surface area contributed by atoms with Crippen molar-refractivity contribution in [3.05, 3.63) is 12.2 Å². The maximum Gasteiger partial charge on any atom is 0.229 e. The van der Waals surface area contributed by atoms with Gasteiger partial charge in [0.1, 0.15) is 18.7 Å². The third-order valence-corrected chi connectivity index (χ3v) is 3.54. The van der Waals surface area contributed by atoms with E-state index in [0.717, 1.165) is 5.82 Å². The van der Waals surface area contributed by atoms with Gasteiger partial charge in [-0.25, -0.2) is 9.98 Å². The van der Waals surface area contributed by atoms with Gasteiger partial charge in [-0.3, -0.25) is 19.2 Å². The van der Waals surface area contributed by atoms with E-state index in [2.05, 4.69) is 25.7 Å². The normalized spacial score (nSPS) is 15.2. The molecule has 2 rings (SSSR count). The van der Waals surface area contributed by atoms with Gasteiger partial charge in [-0.2, -0.15) is 5.10 Å². The van der Waals surface area contributed by atoms with Crippen LogP contribution in [0.4, 0.5) is 0 Å². The topological polar surface area (TPSA) is 105 Å². The standard InChI is InChI=1S/C14H23N7O2.HI/c1-3-15-14(17-9-11-18-10-19-20(11)2)16-7-8-21-12(22)5-4-6-13(21)23;/h10H,3-9H2,1-2H3,(H2,15,16,17);1H. The van der Waals surface area contributed by atoms with E-state index in [1.54, 1.807) is 4.68 Å². The van der Waals surface area contributed by atoms with Gasteiger partial charge in [-0.1, -0.05) is 0 Å². The van der Waals surface area contributed by atoms with Gasteiger partial charge in [-0.05, 0) is 13.3 Å². The number of aliphatic imine (C=N–C) groups is 1. The van der Waals surface area contributed by atoms with Gasteiger partial charge >= 0.3 is 0 Å². The number of carbonyl (C=O) groups excluding carboxylic acids is 2. The van der Waals surface area contributed by atoms with Gasteiger partial charge in [-0.15, -0.1) is 24.0 Å². The number of amides is 2. The first-order chi connectivity index (χ1) is 11.1. The number of halogens is 1. The van der Waals surface area contributed by atoms with Crippen molar-refractivity contribution in [2.75, 3.05) is 19.6 Å². The van der Waals surface area contributed by atoms with Crippen molar-refractivity contribution in [1.82, 2.24) is 30.3 Å². The maximum atomic E-state index is 11.7. The molecule has 0 bridgehead atoms. The zero-order valence-corrected chi connectivity index (χ0v) is 16.3. The summed E-state index contributed by atoms with van der Waals surface area (Å²) >= 11 is 0. The van der Waals surface area contributed by atoms with Crippen LogP contribution >= 0.6 is 24.0 Å². The maximum absolute atomic E-state index is 11.7. The lowest BCUT2D eigenvalue weighted by molar-refractivity contribution is -0.147. The zero-order valence-electron chi connectivity index (χ0n) is 14.0. The Bertz CT molecular complexity index is 571. The first-order valence-corrected chi connectivity index (χ1v) is 7.80. The molecule has 2 heterocycles. The van der Waals surface area contributed by atoms with Crippen molar-refractivity contribution in [3.8, 4) is 0 Å². The van der Waals surface area contributed by atoms with Crippen LogP contribution in [0.25, 0.3) is 0 Å². The molecule has 0 unspecified atom stereocenters. The minimum atomic E-state index is -0.0934. The summed E-state index contributed by atoms with van der Waals surface area (Å²) in [6, 6.07) is 0. The summed E-state index contributed by atoms with van der Waals surface area (Å²) in [4.78, 5) is 33.3. The second kappa shape index (κ2) is 10.2. The average Bonchev–Trinajstić information content (AvgIpc) is 2.93. The fourth-order valence-electron chi connectivity index (χ4n) is 2.29. The summed E-state index contributed by atoms with van der Waals surface area (Å²) in [7, 11) is 1.81. The Hall–Kier alpha value is -1.72. The number of likely N-dealkylation sites (tertiary alicyclic amines) is 1. The highest BCUT2D eigenvalue weighted by Crippen LogP contribution is 2.11. The van der Waals surface area contributed by atoms with Crippen LogP contribution in [0.5, 0.6) is 0 Å². The highest BCUT2D eigenvalue weighted by atomic mass is 127. The first kappa shape index (κ1) is 20.3. The average molecular weight is 449 g/mol. The molecule has 24 heavy (non-hydrogen) atoms. The largest absolute Gasteiger partial charge is 0.357 e. The fraction of sp³-hybridized carbons (Fsp3) is 0.643. The molecule has 1 saturated heterocycles. The van der Waals surface area contributed by atoms with Crippen LogP contribution in [0.1, 0.15) is 32.0 Å². The molecule has 0 aromatic carbocycles. The molecular formula is C14H24IN7O2. The number of piperidine rings is 1. The van der Waals surface area contributed by atoms with Crippen molar-refractivity contribution in [1.29, 1.82) is 0 Å². The summed E-state index contributed by atoms with van der Waals surface area (Å²) in [6.07, 6.45) is 3.04. The minimum absolute atomic E-state index is 0. The monoisotopic (exact) mass is 449 g/mol. The zero-order chi connectivity index (χ0) is 16.7. The predicted molar refractivity (Wildman–Crippen MR) is 99.8 cm³/mol. The van der Waals surface area contributed by atoms with E-state index in [9.17, 15) is 9.59 Å². The second-order valence-electron chi connectivity index (χ2n) is 5.21. The molecule has 0 spiro atoms. The molecule has 0 aliphatic carbocycles. The second-order valence-corrected chi connectivity index (χ2v) is 5.21. The van der Waals surface area contributed by atoms with Gasteiger partial charge in [0.05, 0.1) is 0 Å². The number of carbonyl (C=O) groups is 2. The van der Waals surface area contributed by atoms with E-state index in [1.165, 1.54) is 11.2 Å². The van der Waals surface area contributed by atoms with Crippen LogP contribution in [-0.4, -0.2) is 57.1 Å². The lowest BCUT2D eigenvalue weighted by atomic mass is 10.1. The Morgan fingerprint density at radius 3 is 2.58 bits per heavy atom. The van der Waals surface area contributed by atoms with Gasteiger partial charge in [0.15, 0.2) is 5.96 Å². The lowest BCUT2D eigenvalue weighted by Crippen LogP contribution is -2.46. The van der Waals surface area contributed by atoms with Gasteiger partial charge < -0.3 is 10.6 Å². The Balaban J connectivity index is 0.00000288. The number of aromatic nitrogens is 3. The van der Waals surface area contributed by atoms with Crippen LogP contribution in [0.3, 0.4) is 0 Å². The van der Waals surface area contributed by atoms with Crippen molar-refractivity contribution >= 4 is 41.8 Å². The third-order valence-electron chi connectivity index (χ3n) is 3.54. The summed E-state index contributed by atoms with van der Waals surface area (Å²) in [5.74, 6) is 1.18. The molecule has 0 atom stereocenters. The first-order valence-electron chi connectivity index (χ1n) is 7.80. The molecule has 1 aliphatic heterocycles. The molecule has 1 fully saturated rings. The van der Waals surface area contributed by atoms with E-state index in [-0.39, 0.29) is 35.8 Å². The van der Waals surface area contributed by atoms with E-state index in [4.69, 9.17) is 0 Å². The molecule has 9 nitrogen and oxygen atoms in total. The van der Waals surface area contributed by atoms with Crippen molar-refractivity contribution in [3.63, 3.8) is 0 Å². The molecule has 2 N–H and O–H groups in total. The molecule has 1 aliphatic rings. The number of nitrogens with zero attached hydrogens (tertiary/aromatic N) is 5. The van der Waals surface area contributed by atoms with E-state index in [0.29, 0.717) is 51.4 Å². The van der Waals surface area contributed by atoms with E-state index in [1.807, 2.05) is 14.0 Å². The number of imide groups is 1. The number of rotatable bonds is 6. The highest BCUT2D eigenvalue weighted by molar-refractivity contribution is 14.0. The molecule has 0 radical (unpaired) electrons. The van der Waals surface area contributed by atoms with Gasteiger partial charge in [0.25, 0.3) is 0 Å². The Kier molecular flexibility index (Phi) is 8.65. The number of hydrogen-bond acceptors (Lipinski definition) is 5. The number of aryl methyl sites for hydroxylation is 1. The Morgan fingerprint density at radius 2 is 2.00 bits per heavy atom.